The van der Waals surface area contributed by atoms with Gasteiger partial charge >= 0.3 is 5.69 Å². The number of benzene rings is 1. The van der Waals surface area contributed by atoms with Crippen molar-refractivity contribution < 1.29 is 5.11 Å². The molecule has 0 amide bonds. The van der Waals surface area contributed by atoms with Crippen LogP contribution in [0.2, 0.25) is 5.02 Å². The number of aromatic nitrogens is 2. The minimum atomic E-state index is -0.614. The van der Waals surface area contributed by atoms with Gasteiger partial charge in [0, 0.05) is 23.0 Å². The summed E-state index contributed by atoms with van der Waals surface area (Å²) in [6, 6.07) is 4.45. The quantitative estimate of drug-likeness (QED) is 0.711. The predicted molar refractivity (Wildman–Crippen MR) is 68.1 cm³/mol. The summed E-state index contributed by atoms with van der Waals surface area (Å²) < 4.78 is 0. The van der Waals surface area contributed by atoms with Gasteiger partial charge in [-0.3, -0.25) is 9.78 Å². The maximum atomic E-state index is 11.3. The number of phenols is 1. The van der Waals surface area contributed by atoms with Crippen LogP contribution in [0.4, 0.5) is 5.69 Å². The Morgan fingerprint density at radius 2 is 2.11 bits per heavy atom. The molecule has 2 aromatic rings. The van der Waals surface area contributed by atoms with E-state index in [2.05, 4.69) is 9.98 Å². The average Bonchev–Trinajstić information content (AvgIpc) is 2.32. The monoisotopic (exact) mass is 265 g/mol. The van der Waals surface area contributed by atoms with Gasteiger partial charge in [0.05, 0.1) is 0 Å². The Hall–Kier alpha value is -2.34. The second-order valence-electron chi connectivity index (χ2n) is 3.42. The van der Waals surface area contributed by atoms with Gasteiger partial charge < -0.3 is 10.1 Å². The van der Waals surface area contributed by atoms with E-state index >= 15 is 0 Å². The van der Waals surface area contributed by atoms with Crippen LogP contribution in [-0.4, -0.2) is 21.3 Å². The molecule has 0 bridgehead atoms. The first-order chi connectivity index (χ1) is 8.56. The highest BCUT2D eigenvalue weighted by Gasteiger charge is 2.00. The summed E-state index contributed by atoms with van der Waals surface area (Å²) in [7, 11) is 0. The number of hydrogen-bond donors (Lipinski definition) is 3. The molecule has 1 aromatic heterocycles. The summed E-state index contributed by atoms with van der Waals surface area (Å²) in [4.78, 5) is 30.3. The SMILES string of the molecule is O=c1[nH]cc(N=Cc2cc(Cl)ccc2O)c(=O)[nH]1. The fourth-order valence-electron chi connectivity index (χ4n) is 1.27. The Bertz CT molecular complexity index is 718. The summed E-state index contributed by atoms with van der Waals surface area (Å²) in [5.74, 6) is -0.0102. The summed E-state index contributed by atoms with van der Waals surface area (Å²) in [5.41, 5.74) is -0.830. The lowest BCUT2D eigenvalue weighted by Crippen LogP contribution is -2.20. The Kier molecular flexibility index (Phi) is 3.29. The summed E-state index contributed by atoms with van der Waals surface area (Å²) in [6.07, 6.45) is 2.46. The van der Waals surface area contributed by atoms with Gasteiger partial charge in [0.25, 0.3) is 5.56 Å². The molecule has 0 aliphatic carbocycles. The van der Waals surface area contributed by atoms with Gasteiger partial charge in [-0.05, 0) is 18.2 Å². The van der Waals surface area contributed by atoms with E-state index in [1.807, 2.05) is 4.98 Å². The second-order valence-corrected chi connectivity index (χ2v) is 3.85. The third-order valence-corrected chi connectivity index (χ3v) is 2.37. The number of hydrogen-bond acceptors (Lipinski definition) is 4. The number of H-pyrrole nitrogens is 2. The number of nitrogens with one attached hydrogen (secondary N) is 2. The van der Waals surface area contributed by atoms with Gasteiger partial charge in [0.2, 0.25) is 0 Å². The molecule has 0 spiro atoms. The molecule has 0 fully saturated rings. The number of aromatic hydroxyl groups is 1. The molecule has 0 aliphatic heterocycles. The first-order valence-corrected chi connectivity index (χ1v) is 5.28. The molecule has 7 heteroatoms. The van der Waals surface area contributed by atoms with Crippen molar-refractivity contribution in [2.75, 3.05) is 0 Å². The van der Waals surface area contributed by atoms with Gasteiger partial charge in [-0.1, -0.05) is 11.6 Å². The number of aliphatic imine (C=N–C) groups is 1. The first-order valence-electron chi connectivity index (χ1n) is 4.91. The van der Waals surface area contributed by atoms with Gasteiger partial charge in [0.15, 0.2) is 0 Å². The maximum Gasteiger partial charge on any atom is 0.325 e. The van der Waals surface area contributed by atoms with Gasteiger partial charge in [0.1, 0.15) is 11.4 Å². The first kappa shape index (κ1) is 12.1. The zero-order chi connectivity index (χ0) is 13.1. The van der Waals surface area contributed by atoms with Crippen molar-refractivity contribution in [3.05, 3.63) is 55.8 Å². The molecule has 3 N–H and O–H groups in total. The molecule has 0 unspecified atom stereocenters. The topological polar surface area (TPSA) is 98.3 Å². The molecule has 2 rings (SSSR count). The molecule has 0 saturated heterocycles. The number of aromatic amines is 2. The van der Waals surface area contributed by atoms with Crippen LogP contribution >= 0.6 is 11.6 Å². The van der Waals surface area contributed by atoms with Crippen LogP contribution in [0.3, 0.4) is 0 Å². The molecule has 0 radical (unpaired) electrons. The van der Waals surface area contributed by atoms with E-state index < -0.39 is 11.2 Å². The smallest absolute Gasteiger partial charge is 0.325 e. The molecule has 1 heterocycles. The molecule has 18 heavy (non-hydrogen) atoms. The van der Waals surface area contributed by atoms with Crippen molar-refractivity contribution in [2.24, 2.45) is 4.99 Å². The van der Waals surface area contributed by atoms with E-state index in [0.717, 1.165) is 0 Å². The van der Waals surface area contributed by atoms with Crippen LogP contribution in [0.1, 0.15) is 5.56 Å². The number of rotatable bonds is 2. The zero-order valence-corrected chi connectivity index (χ0v) is 9.73. The standard InChI is InChI=1S/C11H8ClN3O3/c12-7-1-2-9(16)6(3-7)4-13-8-5-14-11(18)15-10(8)17/h1-5,16H,(H2,14,15,17,18). The lowest BCUT2D eigenvalue weighted by Gasteiger charge is -1.98. The minimum absolute atomic E-state index is 0.0102. The third-order valence-electron chi connectivity index (χ3n) is 2.13. The van der Waals surface area contributed by atoms with Crippen LogP contribution in [0.25, 0.3) is 0 Å². The van der Waals surface area contributed by atoms with E-state index in [0.29, 0.717) is 10.6 Å². The second kappa shape index (κ2) is 4.89. The normalized spacial score (nSPS) is 10.9. The highest BCUT2D eigenvalue weighted by molar-refractivity contribution is 6.30. The van der Waals surface area contributed by atoms with Crippen LogP contribution in [-0.2, 0) is 0 Å². The molecular formula is C11H8ClN3O3. The molecule has 92 valence electrons. The van der Waals surface area contributed by atoms with Crippen molar-refractivity contribution in [3.63, 3.8) is 0 Å². The fourth-order valence-corrected chi connectivity index (χ4v) is 1.45. The zero-order valence-electron chi connectivity index (χ0n) is 8.98. The van der Waals surface area contributed by atoms with E-state index in [1.54, 1.807) is 0 Å². The van der Waals surface area contributed by atoms with Crippen molar-refractivity contribution in [3.8, 4) is 5.75 Å². The maximum absolute atomic E-state index is 11.3. The summed E-state index contributed by atoms with van der Waals surface area (Å²) >= 11 is 5.76. The third kappa shape index (κ3) is 2.67. The van der Waals surface area contributed by atoms with Crippen molar-refractivity contribution >= 4 is 23.5 Å². The molecule has 0 atom stereocenters. The fraction of sp³-hybridized carbons (Fsp3) is 0. The molecule has 0 aliphatic rings. The van der Waals surface area contributed by atoms with Gasteiger partial charge in [-0.2, -0.15) is 0 Å². The van der Waals surface area contributed by atoms with E-state index in [9.17, 15) is 14.7 Å². The molecular weight excluding hydrogens is 258 g/mol. The van der Waals surface area contributed by atoms with Crippen molar-refractivity contribution in [2.45, 2.75) is 0 Å². The van der Waals surface area contributed by atoms with E-state index in [1.165, 1.54) is 30.6 Å². The molecule has 0 saturated carbocycles. The van der Waals surface area contributed by atoms with Crippen LogP contribution in [0.5, 0.6) is 5.75 Å². The Labute approximate surface area is 106 Å². The Balaban J connectivity index is 2.38. The highest BCUT2D eigenvalue weighted by atomic mass is 35.5. The van der Waals surface area contributed by atoms with Crippen LogP contribution in [0.15, 0.2) is 39.0 Å². The minimum Gasteiger partial charge on any atom is -0.507 e. The predicted octanol–water partition coefficient (Wildman–Crippen LogP) is 1.17. The Morgan fingerprint density at radius 1 is 1.33 bits per heavy atom. The number of nitrogens with zero attached hydrogens (tertiary/aromatic N) is 1. The van der Waals surface area contributed by atoms with Crippen molar-refractivity contribution in [1.29, 1.82) is 0 Å². The highest BCUT2D eigenvalue weighted by Crippen LogP contribution is 2.20. The summed E-state index contributed by atoms with van der Waals surface area (Å²) in [5, 5.41) is 9.97. The molecule has 1 aromatic carbocycles. The van der Waals surface area contributed by atoms with Crippen molar-refractivity contribution in [1.82, 2.24) is 9.97 Å². The largest absolute Gasteiger partial charge is 0.507 e. The number of phenolic OH excluding ortho intramolecular Hbond substituents is 1. The van der Waals surface area contributed by atoms with E-state index in [-0.39, 0.29) is 11.4 Å². The molecule has 6 nitrogen and oxygen atoms in total. The summed E-state index contributed by atoms with van der Waals surface area (Å²) in [6.45, 7) is 0. The Morgan fingerprint density at radius 3 is 2.83 bits per heavy atom. The van der Waals surface area contributed by atoms with Gasteiger partial charge in [-0.25, -0.2) is 9.79 Å². The average molecular weight is 266 g/mol. The number of halogens is 1. The lowest BCUT2D eigenvalue weighted by molar-refractivity contribution is 0.474. The van der Waals surface area contributed by atoms with E-state index in [4.69, 9.17) is 11.6 Å². The van der Waals surface area contributed by atoms with Crippen LogP contribution < -0.4 is 11.2 Å². The van der Waals surface area contributed by atoms with Crippen LogP contribution in [0, 0.1) is 0 Å². The van der Waals surface area contributed by atoms with Gasteiger partial charge in [-0.15, -0.1) is 0 Å². The lowest BCUT2D eigenvalue weighted by atomic mass is 10.2.